The first-order valence-corrected chi connectivity index (χ1v) is 7.48. The molecule has 2 N–H and O–H groups in total. The summed E-state index contributed by atoms with van der Waals surface area (Å²) in [5, 5.41) is 6.65. The minimum Gasteiger partial charge on any atom is -0.376 e. The number of aryl methyl sites for hydroxylation is 1. The molecule has 110 valence electrons. The van der Waals surface area contributed by atoms with Crippen molar-refractivity contribution in [1.82, 2.24) is 10.6 Å². The second kappa shape index (κ2) is 7.90. The molecule has 1 aromatic rings. The molecule has 4 heteroatoms. The quantitative estimate of drug-likeness (QED) is 0.640. The molecule has 0 aliphatic carbocycles. The van der Waals surface area contributed by atoms with Crippen molar-refractivity contribution in [3.63, 3.8) is 0 Å². The Bertz CT molecular complexity index is 439. The molecule has 0 aromatic heterocycles. The third-order valence-electron chi connectivity index (χ3n) is 3.53. The molecule has 1 aliphatic rings. The Kier molecular flexibility index (Phi) is 5.87. The Balaban J connectivity index is 1.89. The van der Waals surface area contributed by atoms with Gasteiger partial charge in [0.25, 0.3) is 0 Å². The van der Waals surface area contributed by atoms with Crippen LogP contribution in [0.5, 0.6) is 0 Å². The molecule has 0 saturated carbocycles. The Hall–Kier alpha value is -1.55. The van der Waals surface area contributed by atoms with Crippen molar-refractivity contribution in [3.05, 3.63) is 35.4 Å². The van der Waals surface area contributed by atoms with E-state index in [2.05, 4.69) is 53.7 Å². The summed E-state index contributed by atoms with van der Waals surface area (Å²) >= 11 is 0. The Morgan fingerprint density at radius 3 is 2.90 bits per heavy atom. The van der Waals surface area contributed by atoms with Crippen molar-refractivity contribution in [2.24, 2.45) is 4.99 Å². The van der Waals surface area contributed by atoms with E-state index in [9.17, 15) is 0 Å². The van der Waals surface area contributed by atoms with Gasteiger partial charge in [0.2, 0.25) is 0 Å². The minimum absolute atomic E-state index is 0.331. The Morgan fingerprint density at radius 2 is 2.20 bits per heavy atom. The van der Waals surface area contributed by atoms with Gasteiger partial charge in [-0.05, 0) is 37.8 Å². The molecule has 1 unspecified atom stereocenters. The predicted molar refractivity (Wildman–Crippen MR) is 83.0 cm³/mol. The van der Waals surface area contributed by atoms with Crippen molar-refractivity contribution in [2.45, 2.75) is 39.3 Å². The van der Waals surface area contributed by atoms with Crippen LogP contribution in [-0.4, -0.2) is 31.8 Å². The summed E-state index contributed by atoms with van der Waals surface area (Å²) < 4.78 is 5.62. The van der Waals surface area contributed by atoms with Crippen molar-refractivity contribution in [1.29, 1.82) is 0 Å². The van der Waals surface area contributed by atoms with Gasteiger partial charge in [-0.25, -0.2) is 4.99 Å². The zero-order valence-corrected chi connectivity index (χ0v) is 12.5. The number of guanidine groups is 1. The summed E-state index contributed by atoms with van der Waals surface area (Å²) in [5.41, 5.74) is 2.55. The van der Waals surface area contributed by atoms with E-state index in [-0.39, 0.29) is 0 Å². The van der Waals surface area contributed by atoms with Gasteiger partial charge in [-0.1, -0.05) is 24.3 Å². The molecule has 0 amide bonds. The molecular weight excluding hydrogens is 250 g/mol. The number of hydrogen-bond acceptors (Lipinski definition) is 2. The summed E-state index contributed by atoms with van der Waals surface area (Å²) in [6, 6.07) is 8.37. The van der Waals surface area contributed by atoms with Gasteiger partial charge in [0.15, 0.2) is 5.96 Å². The van der Waals surface area contributed by atoms with Crippen LogP contribution in [0.1, 0.15) is 30.9 Å². The van der Waals surface area contributed by atoms with Crippen LogP contribution in [0.4, 0.5) is 0 Å². The lowest BCUT2D eigenvalue weighted by Crippen LogP contribution is -2.41. The number of rotatable bonds is 5. The number of hydrogen-bond donors (Lipinski definition) is 2. The number of aliphatic imine (C=N–C) groups is 1. The second-order valence-electron chi connectivity index (χ2n) is 5.14. The van der Waals surface area contributed by atoms with Gasteiger partial charge in [-0.2, -0.15) is 0 Å². The lowest BCUT2D eigenvalue weighted by Gasteiger charge is -2.15. The molecule has 4 nitrogen and oxygen atoms in total. The molecule has 20 heavy (non-hydrogen) atoms. The minimum atomic E-state index is 0.331. The van der Waals surface area contributed by atoms with Crippen LogP contribution in [0.25, 0.3) is 0 Å². The maximum Gasteiger partial charge on any atom is 0.191 e. The molecule has 1 aliphatic heterocycles. The summed E-state index contributed by atoms with van der Waals surface area (Å²) in [5.74, 6) is 0.867. The lowest BCUT2D eigenvalue weighted by molar-refractivity contribution is 0.114. The smallest absolute Gasteiger partial charge is 0.191 e. The van der Waals surface area contributed by atoms with Gasteiger partial charge in [-0.3, -0.25) is 0 Å². The largest absolute Gasteiger partial charge is 0.376 e. The average Bonchev–Trinajstić information content (AvgIpc) is 2.97. The van der Waals surface area contributed by atoms with Crippen LogP contribution in [0.2, 0.25) is 0 Å². The summed E-state index contributed by atoms with van der Waals surface area (Å²) in [7, 11) is 0. The molecule has 0 spiro atoms. The topological polar surface area (TPSA) is 45.7 Å². The van der Waals surface area contributed by atoms with E-state index in [1.165, 1.54) is 17.5 Å². The van der Waals surface area contributed by atoms with Gasteiger partial charge in [0, 0.05) is 19.7 Å². The van der Waals surface area contributed by atoms with Crippen molar-refractivity contribution >= 4 is 5.96 Å². The molecule has 1 heterocycles. The van der Waals surface area contributed by atoms with Gasteiger partial charge >= 0.3 is 0 Å². The third-order valence-corrected chi connectivity index (χ3v) is 3.53. The van der Waals surface area contributed by atoms with Gasteiger partial charge in [0.1, 0.15) is 0 Å². The first-order valence-electron chi connectivity index (χ1n) is 7.48. The van der Waals surface area contributed by atoms with Gasteiger partial charge in [0.05, 0.1) is 12.6 Å². The van der Waals surface area contributed by atoms with Crippen molar-refractivity contribution in [2.75, 3.05) is 19.7 Å². The summed E-state index contributed by atoms with van der Waals surface area (Å²) in [4.78, 5) is 4.64. The maximum atomic E-state index is 5.62. The molecule has 1 aromatic carbocycles. The number of benzene rings is 1. The monoisotopic (exact) mass is 275 g/mol. The summed E-state index contributed by atoms with van der Waals surface area (Å²) in [6.45, 7) is 7.50. The zero-order chi connectivity index (χ0) is 14.2. The highest BCUT2D eigenvalue weighted by atomic mass is 16.5. The number of ether oxygens (including phenoxy) is 1. The van der Waals surface area contributed by atoms with Crippen LogP contribution < -0.4 is 10.6 Å². The predicted octanol–water partition coefficient (Wildman–Crippen LogP) is 2.23. The van der Waals surface area contributed by atoms with Crippen molar-refractivity contribution < 1.29 is 4.74 Å². The maximum absolute atomic E-state index is 5.62. The van der Waals surface area contributed by atoms with Crippen LogP contribution in [0, 0.1) is 6.92 Å². The van der Waals surface area contributed by atoms with E-state index in [0.29, 0.717) is 12.6 Å². The van der Waals surface area contributed by atoms with E-state index in [1.807, 2.05) is 0 Å². The lowest BCUT2D eigenvalue weighted by atomic mass is 10.1. The summed E-state index contributed by atoms with van der Waals surface area (Å²) in [6.07, 6.45) is 2.64. The first kappa shape index (κ1) is 14.9. The van der Waals surface area contributed by atoms with E-state index >= 15 is 0 Å². The Labute approximate surface area is 121 Å². The molecular formula is C16H25N3O. The average molecular weight is 275 g/mol. The third kappa shape index (κ3) is 4.53. The second-order valence-corrected chi connectivity index (χ2v) is 5.14. The normalized spacial score (nSPS) is 19.1. The molecule has 1 saturated heterocycles. The molecule has 1 atom stereocenters. The fourth-order valence-corrected chi connectivity index (χ4v) is 2.31. The fraction of sp³-hybridized carbons (Fsp3) is 0.562. The van der Waals surface area contributed by atoms with Crippen LogP contribution in [0.3, 0.4) is 0 Å². The van der Waals surface area contributed by atoms with Crippen LogP contribution >= 0.6 is 0 Å². The van der Waals surface area contributed by atoms with Gasteiger partial charge < -0.3 is 15.4 Å². The Morgan fingerprint density at radius 1 is 1.35 bits per heavy atom. The molecule has 0 radical (unpaired) electrons. The SMILES string of the molecule is CCNC(=NCc1ccccc1C)NCC1CCCO1. The molecule has 1 fully saturated rings. The van der Waals surface area contributed by atoms with E-state index in [0.717, 1.165) is 32.1 Å². The van der Waals surface area contributed by atoms with Crippen molar-refractivity contribution in [3.8, 4) is 0 Å². The van der Waals surface area contributed by atoms with Gasteiger partial charge in [-0.15, -0.1) is 0 Å². The van der Waals surface area contributed by atoms with E-state index in [4.69, 9.17) is 4.74 Å². The molecule has 2 rings (SSSR count). The number of nitrogens with one attached hydrogen (secondary N) is 2. The highest BCUT2D eigenvalue weighted by molar-refractivity contribution is 5.79. The highest BCUT2D eigenvalue weighted by Crippen LogP contribution is 2.10. The van der Waals surface area contributed by atoms with Crippen LogP contribution in [-0.2, 0) is 11.3 Å². The fourth-order valence-electron chi connectivity index (χ4n) is 2.31. The first-order chi connectivity index (χ1) is 9.79. The van der Waals surface area contributed by atoms with E-state index < -0.39 is 0 Å². The highest BCUT2D eigenvalue weighted by Gasteiger charge is 2.15. The van der Waals surface area contributed by atoms with E-state index in [1.54, 1.807) is 0 Å². The zero-order valence-electron chi connectivity index (χ0n) is 12.5. The van der Waals surface area contributed by atoms with Crippen LogP contribution in [0.15, 0.2) is 29.3 Å². The number of nitrogens with zero attached hydrogens (tertiary/aromatic N) is 1. The standard InChI is InChI=1S/C16H25N3O/c1-3-17-16(19-12-15-9-6-10-20-15)18-11-14-8-5-4-7-13(14)2/h4-5,7-8,15H,3,6,9-12H2,1-2H3,(H2,17,18,19). The molecule has 0 bridgehead atoms.